The van der Waals surface area contributed by atoms with Gasteiger partial charge in [-0.2, -0.15) is 4.31 Å². The summed E-state index contributed by atoms with van der Waals surface area (Å²) < 4.78 is 27.0. The van der Waals surface area contributed by atoms with Crippen molar-refractivity contribution in [3.8, 4) is 0 Å². The van der Waals surface area contributed by atoms with Crippen LogP contribution in [0.15, 0.2) is 29.2 Å². The summed E-state index contributed by atoms with van der Waals surface area (Å²) >= 11 is 0. The van der Waals surface area contributed by atoms with Gasteiger partial charge in [0, 0.05) is 37.8 Å². The van der Waals surface area contributed by atoms with Gasteiger partial charge < -0.3 is 5.32 Å². The molecule has 1 heterocycles. The fourth-order valence-corrected chi connectivity index (χ4v) is 4.78. The van der Waals surface area contributed by atoms with Crippen LogP contribution >= 0.6 is 0 Å². The maximum Gasteiger partial charge on any atom is 0.243 e. The highest BCUT2D eigenvalue weighted by Gasteiger charge is 2.31. The van der Waals surface area contributed by atoms with Gasteiger partial charge in [-0.15, -0.1) is 0 Å². The van der Waals surface area contributed by atoms with Crippen LogP contribution in [0, 0.1) is 5.92 Å². The molecule has 7 nitrogen and oxygen atoms in total. The number of hydrogen-bond acceptors (Lipinski definition) is 5. The van der Waals surface area contributed by atoms with Crippen molar-refractivity contribution in [2.24, 2.45) is 5.92 Å². The standard InChI is InChI=1S/C19H27N3O4S/c1-14(16-3-4-16)20-19(24)13-21-9-11-22(12-10-21)27(25,26)18-7-5-17(6-8-18)15(2)23/h5-8,14,16H,3-4,9-13H2,1-2H3,(H,20,24)/t14-/m0/s1. The second kappa shape index (κ2) is 8.08. The number of carbonyl (C=O) groups is 2. The van der Waals surface area contributed by atoms with E-state index in [1.54, 1.807) is 0 Å². The van der Waals surface area contributed by atoms with Crippen molar-refractivity contribution >= 4 is 21.7 Å². The Morgan fingerprint density at radius 3 is 2.22 bits per heavy atom. The van der Waals surface area contributed by atoms with Crippen molar-refractivity contribution < 1.29 is 18.0 Å². The van der Waals surface area contributed by atoms with Crippen LogP contribution in [0.1, 0.15) is 37.0 Å². The first-order valence-corrected chi connectivity index (χ1v) is 10.8. The molecule has 0 unspecified atom stereocenters. The minimum Gasteiger partial charge on any atom is -0.352 e. The predicted molar refractivity (Wildman–Crippen MR) is 102 cm³/mol. The van der Waals surface area contributed by atoms with Crippen LogP contribution in [-0.2, 0) is 14.8 Å². The first-order valence-electron chi connectivity index (χ1n) is 9.40. The largest absolute Gasteiger partial charge is 0.352 e. The Labute approximate surface area is 160 Å². The smallest absolute Gasteiger partial charge is 0.243 e. The van der Waals surface area contributed by atoms with Crippen molar-refractivity contribution in [2.45, 2.75) is 37.6 Å². The van der Waals surface area contributed by atoms with E-state index in [9.17, 15) is 18.0 Å². The average Bonchev–Trinajstić information content (AvgIpc) is 3.47. The van der Waals surface area contributed by atoms with Gasteiger partial charge >= 0.3 is 0 Å². The lowest BCUT2D eigenvalue weighted by Crippen LogP contribution is -2.51. The molecule has 2 aliphatic rings. The summed E-state index contributed by atoms with van der Waals surface area (Å²) in [5, 5.41) is 3.03. The zero-order valence-corrected chi connectivity index (χ0v) is 16.7. The van der Waals surface area contributed by atoms with Gasteiger partial charge in [-0.25, -0.2) is 8.42 Å². The van der Waals surface area contributed by atoms with Crippen LogP contribution in [-0.4, -0.2) is 68.1 Å². The molecule has 0 bridgehead atoms. The van der Waals surface area contributed by atoms with E-state index in [4.69, 9.17) is 0 Å². The van der Waals surface area contributed by atoms with Gasteiger partial charge in [0.1, 0.15) is 0 Å². The molecule has 1 atom stereocenters. The number of hydrogen-bond donors (Lipinski definition) is 1. The normalized spacial score (nSPS) is 20.2. The number of benzene rings is 1. The number of nitrogens with one attached hydrogen (secondary N) is 1. The lowest BCUT2D eigenvalue weighted by Gasteiger charge is -2.33. The topological polar surface area (TPSA) is 86.8 Å². The van der Waals surface area contributed by atoms with Gasteiger partial charge in [0.25, 0.3) is 0 Å². The molecule has 8 heteroatoms. The Kier molecular flexibility index (Phi) is 5.98. The van der Waals surface area contributed by atoms with E-state index in [-0.39, 0.29) is 22.6 Å². The van der Waals surface area contributed by atoms with Crippen LogP contribution < -0.4 is 5.32 Å². The fourth-order valence-electron chi connectivity index (χ4n) is 3.36. The van der Waals surface area contributed by atoms with E-state index < -0.39 is 10.0 Å². The molecule has 0 spiro atoms. The lowest BCUT2D eigenvalue weighted by molar-refractivity contribution is -0.123. The quantitative estimate of drug-likeness (QED) is 0.702. The van der Waals surface area contributed by atoms with Crippen molar-refractivity contribution in [1.29, 1.82) is 0 Å². The highest BCUT2D eigenvalue weighted by atomic mass is 32.2. The Morgan fingerprint density at radius 1 is 1.11 bits per heavy atom. The summed E-state index contributed by atoms with van der Waals surface area (Å²) in [5.41, 5.74) is 0.491. The zero-order chi connectivity index (χ0) is 19.6. The molecule has 148 valence electrons. The van der Waals surface area contributed by atoms with E-state index in [2.05, 4.69) is 5.32 Å². The summed E-state index contributed by atoms with van der Waals surface area (Å²) in [5.74, 6) is 0.526. The predicted octanol–water partition coefficient (Wildman–Crippen LogP) is 1.11. The minimum absolute atomic E-state index is 0.00512. The molecular formula is C19H27N3O4S. The van der Waals surface area contributed by atoms with E-state index in [0.29, 0.717) is 44.2 Å². The molecule has 1 amide bonds. The molecule has 1 aliphatic heterocycles. The summed E-state index contributed by atoms with van der Waals surface area (Å²) in [6.07, 6.45) is 2.37. The summed E-state index contributed by atoms with van der Waals surface area (Å²) in [6.45, 7) is 5.54. The minimum atomic E-state index is -3.58. The molecular weight excluding hydrogens is 366 g/mol. The number of piperazine rings is 1. The van der Waals surface area contributed by atoms with Crippen LogP contribution in [0.4, 0.5) is 0 Å². The number of rotatable bonds is 7. The maximum atomic E-state index is 12.8. The molecule has 1 aromatic carbocycles. The number of Topliss-reactive ketones (excluding diaryl/α,β-unsaturated/α-hetero) is 1. The molecule has 27 heavy (non-hydrogen) atoms. The number of ketones is 1. The molecule has 1 aliphatic carbocycles. The van der Waals surface area contributed by atoms with Crippen molar-refractivity contribution in [2.75, 3.05) is 32.7 Å². The van der Waals surface area contributed by atoms with Crippen LogP contribution in [0.5, 0.6) is 0 Å². The average molecular weight is 394 g/mol. The lowest BCUT2D eigenvalue weighted by atomic mass is 10.2. The summed E-state index contributed by atoms with van der Waals surface area (Å²) in [4.78, 5) is 25.6. The molecule has 1 aromatic rings. The molecule has 3 rings (SSSR count). The van der Waals surface area contributed by atoms with E-state index in [1.165, 1.54) is 48.3 Å². The monoisotopic (exact) mass is 393 g/mol. The zero-order valence-electron chi connectivity index (χ0n) is 15.8. The molecule has 0 radical (unpaired) electrons. The Morgan fingerprint density at radius 2 is 1.70 bits per heavy atom. The van der Waals surface area contributed by atoms with Gasteiger partial charge in [0.05, 0.1) is 11.4 Å². The van der Waals surface area contributed by atoms with Crippen LogP contribution in [0.2, 0.25) is 0 Å². The Bertz CT molecular complexity index is 795. The van der Waals surface area contributed by atoms with Gasteiger partial charge in [-0.3, -0.25) is 14.5 Å². The van der Waals surface area contributed by atoms with Gasteiger partial charge in [0.2, 0.25) is 15.9 Å². The third-order valence-electron chi connectivity index (χ3n) is 5.31. The SMILES string of the molecule is CC(=O)c1ccc(S(=O)(=O)N2CCN(CC(=O)N[C@@H](C)C3CC3)CC2)cc1. The van der Waals surface area contributed by atoms with E-state index in [0.717, 1.165) is 0 Å². The molecule has 2 fully saturated rings. The number of nitrogens with zero attached hydrogens (tertiary/aromatic N) is 2. The number of carbonyl (C=O) groups excluding carboxylic acids is 2. The first kappa shape index (κ1) is 20.0. The second-order valence-electron chi connectivity index (χ2n) is 7.45. The molecule has 1 saturated heterocycles. The van der Waals surface area contributed by atoms with E-state index in [1.807, 2.05) is 11.8 Å². The number of amides is 1. The van der Waals surface area contributed by atoms with Gasteiger partial charge in [-0.1, -0.05) is 12.1 Å². The maximum absolute atomic E-state index is 12.8. The van der Waals surface area contributed by atoms with E-state index >= 15 is 0 Å². The Balaban J connectivity index is 1.52. The molecule has 1 N–H and O–H groups in total. The third-order valence-corrected chi connectivity index (χ3v) is 7.23. The highest BCUT2D eigenvalue weighted by molar-refractivity contribution is 7.89. The number of sulfonamides is 1. The van der Waals surface area contributed by atoms with Crippen molar-refractivity contribution in [3.63, 3.8) is 0 Å². The van der Waals surface area contributed by atoms with Gasteiger partial charge in [0.15, 0.2) is 5.78 Å². The third kappa shape index (κ3) is 4.94. The van der Waals surface area contributed by atoms with Gasteiger partial charge in [-0.05, 0) is 44.7 Å². The molecule has 0 aromatic heterocycles. The fraction of sp³-hybridized carbons (Fsp3) is 0.579. The molecule has 1 saturated carbocycles. The van der Waals surface area contributed by atoms with Crippen molar-refractivity contribution in [1.82, 2.24) is 14.5 Å². The summed E-state index contributed by atoms with van der Waals surface area (Å²) in [7, 11) is -3.58. The Hall–Kier alpha value is -1.77. The van der Waals surface area contributed by atoms with Crippen LogP contribution in [0.25, 0.3) is 0 Å². The first-order chi connectivity index (χ1) is 12.8. The summed E-state index contributed by atoms with van der Waals surface area (Å²) in [6, 6.07) is 6.25. The van der Waals surface area contributed by atoms with Crippen molar-refractivity contribution in [3.05, 3.63) is 29.8 Å². The highest BCUT2D eigenvalue weighted by Crippen LogP contribution is 2.32. The second-order valence-corrected chi connectivity index (χ2v) is 9.39. The van der Waals surface area contributed by atoms with Crippen LogP contribution in [0.3, 0.4) is 0 Å².